The minimum atomic E-state index is -0.998. The molecular formula is C19H28O5. The Hall–Kier alpha value is -1.10. The van der Waals surface area contributed by atoms with Crippen molar-refractivity contribution < 1.29 is 24.9 Å². The molecule has 0 amide bonds. The zero-order chi connectivity index (χ0) is 17.3. The van der Waals surface area contributed by atoms with E-state index in [2.05, 4.69) is 6.92 Å². The van der Waals surface area contributed by atoms with Crippen LogP contribution in [0.1, 0.15) is 33.1 Å². The van der Waals surface area contributed by atoms with E-state index < -0.39 is 23.8 Å². The van der Waals surface area contributed by atoms with E-state index in [4.69, 9.17) is 0 Å². The first-order chi connectivity index (χ1) is 11.4. The molecule has 0 aromatic rings. The van der Waals surface area contributed by atoms with Gasteiger partial charge in [0, 0.05) is 6.61 Å². The second-order valence-corrected chi connectivity index (χ2v) is 8.98. The fourth-order valence-electron chi connectivity index (χ4n) is 7.78. The topological polar surface area (TPSA) is 94.8 Å². The second-order valence-electron chi connectivity index (χ2n) is 8.98. The first-order valence-corrected chi connectivity index (χ1v) is 9.43. The number of fused-ring (bicyclic) bond motifs is 9. The Kier molecular flexibility index (Phi) is 3.72. The van der Waals surface area contributed by atoms with Gasteiger partial charge in [-0.1, -0.05) is 13.8 Å². The van der Waals surface area contributed by atoms with E-state index >= 15 is 0 Å². The van der Waals surface area contributed by atoms with Gasteiger partial charge in [-0.15, -0.1) is 0 Å². The molecule has 0 radical (unpaired) electrons. The van der Waals surface area contributed by atoms with E-state index in [0.29, 0.717) is 41.4 Å². The molecule has 0 spiro atoms. The maximum atomic E-state index is 11.9. The summed E-state index contributed by atoms with van der Waals surface area (Å²) in [5.74, 6) is 0.505. The van der Waals surface area contributed by atoms with E-state index in [0.717, 1.165) is 12.8 Å². The standard InChI is InChI=1S/C19H28O5/c1-7-11-5-13(14(7)15(19(23)24)8(2)18(21)22)16-9-3-10(6-20)12(4-9)17(11)16/h7-17,20H,3-6H2,1-2H3,(H,21,22)(H,23,24). The molecule has 4 aliphatic carbocycles. The molecule has 4 saturated carbocycles. The normalized spacial score (nSPS) is 50.7. The van der Waals surface area contributed by atoms with Gasteiger partial charge in [-0.2, -0.15) is 0 Å². The number of aliphatic hydroxyl groups is 1. The predicted molar refractivity (Wildman–Crippen MR) is 85.9 cm³/mol. The Balaban J connectivity index is 1.63. The van der Waals surface area contributed by atoms with Crippen molar-refractivity contribution in [3.8, 4) is 0 Å². The molecule has 11 unspecified atom stereocenters. The van der Waals surface area contributed by atoms with Crippen LogP contribution in [0.2, 0.25) is 0 Å². The van der Waals surface area contributed by atoms with Crippen molar-refractivity contribution in [2.45, 2.75) is 33.1 Å². The van der Waals surface area contributed by atoms with Crippen LogP contribution < -0.4 is 0 Å². The van der Waals surface area contributed by atoms with Crippen LogP contribution in [0.25, 0.3) is 0 Å². The number of aliphatic carboxylic acids is 2. The Bertz CT molecular complexity index is 560. The van der Waals surface area contributed by atoms with Gasteiger partial charge in [-0.05, 0) is 72.5 Å². The van der Waals surface area contributed by atoms with Gasteiger partial charge in [-0.3, -0.25) is 9.59 Å². The Morgan fingerprint density at radius 1 is 1.00 bits per heavy atom. The molecular weight excluding hydrogens is 308 g/mol. The summed E-state index contributed by atoms with van der Waals surface area (Å²) in [5.41, 5.74) is 0. The van der Waals surface area contributed by atoms with Gasteiger partial charge >= 0.3 is 11.9 Å². The first-order valence-electron chi connectivity index (χ1n) is 9.43. The summed E-state index contributed by atoms with van der Waals surface area (Å²) in [5, 5.41) is 28.8. The van der Waals surface area contributed by atoms with E-state index in [1.54, 1.807) is 6.92 Å². The number of hydrogen-bond donors (Lipinski definition) is 3. The van der Waals surface area contributed by atoms with Crippen molar-refractivity contribution in [3.05, 3.63) is 0 Å². The molecule has 0 aromatic heterocycles. The summed E-state index contributed by atoms with van der Waals surface area (Å²) < 4.78 is 0. The van der Waals surface area contributed by atoms with Gasteiger partial charge in [-0.25, -0.2) is 0 Å². The van der Waals surface area contributed by atoms with Crippen LogP contribution in [0.5, 0.6) is 0 Å². The Morgan fingerprint density at radius 2 is 1.71 bits per heavy atom. The molecule has 5 heteroatoms. The number of hydrogen-bond acceptors (Lipinski definition) is 3. The highest BCUT2D eigenvalue weighted by Gasteiger charge is 2.68. The molecule has 24 heavy (non-hydrogen) atoms. The van der Waals surface area contributed by atoms with Crippen LogP contribution in [-0.2, 0) is 9.59 Å². The van der Waals surface area contributed by atoms with Gasteiger partial charge < -0.3 is 15.3 Å². The van der Waals surface area contributed by atoms with Crippen molar-refractivity contribution in [1.29, 1.82) is 0 Å². The highest BCUT2D eigenvalue weighted by Crippen LogP contribution is 2.72. The maximum absolute atomic E-state index is 11.9. The first kappa shape index (κ1) is 16.4. The highest BCUT2D eigenvalue weighted by atomic mass is 16.4. The number of carboxylic acid groups (broad SMARTS) is 2. The number of carboxylic acids is 2. The fourth-order valence-corrected chi connectivity index (χ4v) is 7.78. The van der Waals surface area contributed by atoms with Crippen molar-refractivity contribution in [1.82, 2.24) is 0 Å². The zero-order valence-electron chi connectivity index (χ0n) is 14.3. The third kappa shape index (κ3) is 1.97. The molecule has 0 heterocycles. The molecule has 0 aliphatic heterocycles. The number of carbonyl (C=O) groups is 2. The Morgan fingerprint density at radius 3 is 2.29 bits per heavy atom. The average Bonchev–Trinajstić information content (AvgIpc) is 3.25. The molecule has 5 nitrogen and oxygen atoms in total. The lowest BCUT2D eigenvalue weighted by atomic mass is 9.58. The third-order valence-electron chi connectivity index (χ3n) is 8.44. The molecule has 0 aromatic carbocycles. The smallest absolute Gasteiger partial charge is 0.307 e. The molecule has 4 rings (SSSR count). The monoisotopic (exact) mass is 336 g/mol. The molecule has 4 fully saturated rings. The Labute approximate surface area is 142 Å². The van der Waals surface area contributed by atoms with E-state index in [1.807, 2.05) is 0 Å². The van der Waals surface area contributed by atoms with Gasteiger partial charge in [0.25, 0.3) is 0 Å². The fraction of sp³-hybridized carbons (Fsp3) is 0.895. The number of aliphatic hydroxyl groups excluding tert-OH is 1. The lowest BCUT2D eigenvalue weighted by molar-refractivity contribution is -0.158. The van der Waals surface area contributed by atoms with Crippen LogP contribution in [0.15, 0.2) is 0 Å². The van der Waals surface area contributed by atoms with Crippen LogP contribution in [0.4, 0.5) is 0 Å². The molecule has 0 saturated heterocycles. The summed E-state index contributed by atoms with van der Waals surface area (Å²) in [7, 11) is 0. The molecule has 3 N–H and O–H groups in total. The molecule has 11 atom stereocenters. The van der Waals surface area contributed by atoms with E-state index in [-0.39, 0.29) is 18.4 Å². The zero-order valence-corrected chi connectivity index (χ0v) is 14.3. The minimum Gasteiger partial charge on any atom is -0.481 e. The predicted octanol–water partition coefficient (Wildman–Crippen LogP) is 2.19. The SMILES string of the molecule is CC(C(=O)O)C(C(=O)O)C1C(C)C2CC1C1C3CC(CO)C(C3)C21. The van der Waals surface area contributed by atoms with E-state index in [9.17, 15) is 24.9 Å². The van der Waals surface area contributed by atoms with Gasteiger partial charge in [0.2, 0.25) is 0 Å². The van der Waals surface area contributed by atoms with Crippen molar-refractivity contribution in [2.24, 2.45) is 65.1 Å². The van der Waals surface area contributed by atoms with Crippen LogP contribution in [-0.4, -0.2) is 33.9 Å². The molecule has 134 valence electrons. The number of rotatable bonds is 5. The summed E-state index contributed by atoms with van der Waals surface area (Å²) >= 11 is 0. The summed E-state index contributed by atoms with van der Waals surface area (Å²) in [4.78, 5) is 23.4. The molecule has 4 aliphatic rings. The van der Waals surface area contributed by atoms with Gasteiger partial charge in [0.1, 0.15) is 0 Å². The lowest BCUT2D eigenvalue weighted by Crippen LogP contribution is -2.46. The largest absolute Gasteiger partial charge is 0.481 e. The second kappa shape index (κ2) is 5.45. The van der Waals surface area contributed by atoms with Crippen LogP contribution >= 0.6 is 0 Å². The lowest BCUT2D eigenvalue weighted by Gasteiger charge is -2.46. The summed E-state index contributed by atoms with van der Waals surface area (Å²) in [6.45, 7) is 3.99. The van der Waals surface area contributed by atoms with Crippen molar-refractivity contribution in [2.75, 3.05) is 6.61 Å². The highest BCUT2D eigenvalue weighted by molar-refractivity contribution is 5.80. The quantitative estimate of drug-likeness (QED) is 0.669. The molecule has 4 bridgehead atoms. The van der Waals surface area contributed by atoms with Crippen LogP contribution in [0, 0.1) is 65.1 Å². The van der Waals surface area contributed by atoms with Crippen molar-refractivity contribution >= 4 is 11.9 Å². The van der Waals surface area contributed by atoms with Crippen molar-refractivity contribution in [3.63, 3.8) is 0 Å². The minimum absolute atomic E-state index is 0.00761. The van der Waals surface area contributed by atoms with Crippen LogP contribution in [0.3, 0.4) is 0 Å². The van der Waals surface area contributed by atoms with Gasteiger partial charge in [0.15, 0.2) is 0 Å². The van der Waals surface area contributed by atoms with E-state index in [1.165, 1.54) is 6.42 Å². The third-order valence-corrected chi connectivity index (χ3v) is 8.44. The summed E-state index contributed by atoms with van der Waals surface area (Å²) in [6.07, 6.45) is 3.35. The average molecular weight is 336 g/mol. The maximum Gasteiger partial charge on any atom is 0.307 e. The summed E-state index contributed by atoms with van der Waals surface area (Å²) in [6, 6.07) is 0. The van der Waals surface area contributed by atoms with Gasteiger partial charge in [0.05, 0.1) is 11.8 Å².